The van der Waals surface area contributed by atoms with E-state index >= 15 is 0 Å². The highest BCUT2D eigenvalue weighted by atomic mass is 32.2. The molecule has 1 N–H and O–H groups in total. The van der Waals surface area contributed by atoms with Gasteiger partial charge >= 0.3 is 0 Å². The third-order valence-corrected chi connectivity index (χ3v) is 8.75. The van der Waals surface area contributed by atoms with E-state index in [1.165, 1.54) is 37.3 Å². The molecule has 2 amide bonds. The number of methoxy groups -OCH3 is 2. The molecule has 0 aliphatic rings. The quantitative estimate of drug-likeness (QED) is 0.254. The van der Waals surface area contributed by atoms with Crippen molar-refractivity contribution in [1.29, 1.82) is 0 Å². The highest BCUT2D eigenvalue weighted by Gasteiger charge is 2.35. The number of carbonyl (C=O) groups is 2. The highest BCUT2D eigenvalue weighted by molar-refractivity contribution is 7.92. The molecule has 0 bridgehead atoms. The van der Waals surface area contributed by atoms with Crippen LogP contribution in [0, 0.1) is 6.92 Å². The first-order valence-corrected chi connectivity index (χ1v) is 16.3. The zero-order chi connectivity index (χ0) is 33.4. The lowest BCUT2D eigenvalue weighted by Crippen LogP contribution is -2.55. The van der Waals surface area contributed by atoms with E-state index in [1.807, 2.05) is 65.8 Å². The third kappa shape index (κ3) is 9.13. The molecule has 0 fully saturated rings. The lowest BCUT2D eigenvalue weighted by molar-refractivity contribution is -0.141. The number of sulfonamides is 1. The van der Waals surface area contributed by atoms with Gasteiger partial charge in [-0.15, -0.1) is 0 Å². The Kier molecular flexibility index (Phi) is 11.9. The summed E-state index contributed by atoms with van der Waals surface area (Å²) in [5.41, 5.74) is 1.54. The molecular weight excluding hydrogens is 594 g/mol. The maximum absolute atomic E-state index is 14.3. The molecular formula is C34H45N3O7S. The summed E-state index contributed by atoms with van der Waals surface area (Å²) < 4.78 is 45.8. The number of hydrogen-bond acceptors (Lipinski definition) is 7. The van der Waals surface area contributed by atoms with Crippen LogP contribution < -0.4 is 23.8 Å². The van der Waals surface area contributed by atoms with Crippen molar-refractivity contribution in [1.82, 2.24) is 10.2 Å². The predicted octanol–water partition coefficient (Wildman–Crippen LogP) is 5.33. The van der Waals surface area contributed by atoms with Gasteiger partial charge < -0.3 is 24.4 Å². The second-order valence-corrected chi connectivity index (χ2v) is 13.5. The highest BCUT2D eigenvalue weighted by Crippen LogP contribution is 2.33. The van der Waals surface area contributed by atoms with Crippen LogP contribution >= 0.6 is 0 Å². The largest absolute Gasteiger partial charge is 0.494 e. The van der Waals surface area contributed by atoms with Crippen LogP contribution in [-0.2, 0) is 26.2 Å². The van der Waals surface area contributed by atoms with Gasteiger partial charge in [-0.05, 0) is 83.0 Å². The molecule has 0 spiro atoms. The fraction of sp³-hybridized carbons (Fsp3) is 0.412. The fourth-order valence-corrected chi connectivity index (χ4v) is 6.32. The molecule has 0 saturated carbocycles. The van der Waals surface area contributed by atoms with Crippen LogP contribution in [-0.4, -0.2) is 64.1 Å². The monoisotopic (exact) mass is 639 g/mol. The molecule has 3 aromatic carbocycles. The molecule has 0 aliphatic heterocycles. The minimum atomic E-state index is -4.32. The van der Waals surface area contributed by atoms with Crippen LogP contribution in [0.2, 0.25) is 0 Å². The maximum Gasteiger partial charge on any atom is 0.264 e. The molecule has 0 heterocycles. The van der Waals surface area contributed by atoms with E-state index in [4.69, 9.17) is 14.2 Å². The standard InChI is InChI=1S/C34H45N3O7S/c1-9-29(33(39)35-34(4,5)6)36(22-25-13-11-12-24(3)20-25)32(38)23-37(26-14-16-27(17-15-26)44-10-2)45(40,41)28-18-19-30(42-7)31(21-28)43-8/h11-21,29H,9-10,22-23H2,1-8H3,(H,35,39)/t29-/m1/s1. The molecule has 1 atom stereocenters. The second-order valence-electron chi connectivity index (χ2n) is 11.6. The molecule has 0 saturated heterocycles. The van der Waals surface area contributed by atoms with Crippen molar-refractivity contribution in [3.63, 3.8) is 0 Å². The number of benzene rings is 3. The van der Waals surface area contributed by atoms with Crippen molar-refractivity contribution in [2.75, 3.05) is 31.7 Å². The molecule has 0 aromatic heterocycles. The van der Waals surface area contributed by atoms with E-state index in [-0.39, 0.29) is 28.8 Å². The Morgan fingerprint density at radius 1 is 0.911 bits per heavy atom. The Hall–Kier alpha value is -4.25. The first-order valence-electron chi connectivity index (χ1n) is 14.9. The lowest BCUT2D eigenvalue weighted by atomic mass is 10.0. The van der Waals surface area contributed by atoms with E-state index in [9.17, 15) is 18.0 Å². The molecule has 3 aromatic rings. The normalized spacial score (nSPS) is 12.2. The zero-order valence-electron chi connectivity index (χ0n) is 27.4. The molecule has 0 aliphatic carbocycles. The Labute approximate surface area is 267 Å². The number of carbonyl (C=O) groups excluding carboxylic acids is 2. The van der Waals surface area contributed by atoms with Gasteiger partial charge in [-0.1, -0.05) is 36.8 Å². The van der Waals surface area contributed by atoms with Crippen LogP contribution in [0.5, 0.6) is 17.2 Å². The molecule has 11 heteroatoms. The minimum absolute atomic E-state index is 0.0930. The maximum atomic E-state index is 14.3. The Bertz CT molecular complexity index is 1570. The Morgan fingerprint density at radius 2 is 1.58 bits per heavy atom. The van der Waals surface area contributed by atoms with E-state index in [2.05, 4.69) is 5.32 Å². The molecule has 244 valence electrons. The first kappa shape index (κ1) is 35.2. The van der Waals surface area contributed by atoms with Gasteiger partial charge in [0.1, 0.15) is 18.3 Å². The van der Waals surface area contributed by atoms with Crippen molar-refractivity contribution in [3.8, 4) is 17.2 Å². The van der Waals surface area contributed by atoms with Crippen molar-refractivity contribution in [2.24, 2.45) is 0 Å². The minimum Gasteiger partial charge on any atom is -0.494 e. The van der Waals surface area contributed by atoms with Gasteiger partial charge in [0.25, 0.3) is 10.0 Å². The van der Waals surface area contributed by atoms with E-state index in [0.29, 0.717) is 24.5 Å². The van der Waals surface area contributed by atoms with Gasteiger partial charge in [-0.3, -0.25) is 13.9 Å². The van der Waals surface area contributed by atoms with Crippen molar-refractivity contribution < 1.29 is 32.2 Å². The smallest absolute Gasteiger partial charge is 0.264 e. The fourth-order valence-electron chi connectivity index (χ4n) is 4.89. The topological polar surface area (TPSA) is 114 Å². The van der Waals surface area contributed by atoms with Gasteiger partial charge in [0, 0.05) is 18.2 Å². The summed E-state index contributed by atoms with van der Waals surface area (Å²) in [6.07, 6.45) is 0.324. The van der Waals surface area contributed by atoms with Crippen LogP contribution in [0.1, 0.15) is 52.2 Å². The van der Waals surface area contributed by atoms with Gasteiger partial charge in [0.2, 0.25) is 11.8 Å². The van der Waals surface area contributed by atoms with Crippen molar-refractivity contribution in [2.45, 2.75) is 71.0 Å². The number of ether oxygens (including phenoxy) is 3. The molecule has 3 rings (SSSR count). The van der Waals surface area contributed by atoms with Crippen LogP contribution in [0.4, 0.5) is 5.69 Å². The van der Waals surface area contributed by atoms with Crippen LogP contribution in [0.3, 0.4) is 0 Å². The van der Waals surface area contributed by atoms with Gasteiger partial charge in [0.05, 0.1) is 31.4 Å². The van der Waals surface area contributed by atoms with E-state index < -0.39 is 34.1 Å². The van der Waals surface area contributed by atoms with Crippen molar-refractivity contribution in [3.05, 3.63) is 77.9 Å². The molecule has 0 radical (unpaired) electrons. The lowest BCUT2D eigenvalue weighted by Gasteiger charge is -2.35. The van der Waals surface area contributed by atoms with Gasteiger partial charge in [-0.2, -0.15) is 0 Å². The second kappa shape index (κ2) is 15.2. The summed E-state index contributed by atoms with van der Waals surface area (Å²) in [5, 5.41) is 2.98. The number of nitrogens with zero attached hydrogens (tertiary/aromatic N) is 2. The summed E-state index contributed by atoms with van der Waals surface area (Å²) in [6.45, 7) is 11.2. The number of aryl methyl sites for hydroxylation is 1. The summed E-state index contributed by atoms with van der Waals surface area (Å²) in [6, 6.07) is 17.5. The SMILES string of the molecule is CCOc1ccc(N(CC(=O)N(Cc2cccc(C)c2)[C@H](CC)C(=O)NC(C)(C)C)S(=O)(=O)c2ccc(OC)c(OC)c2)cc1. The first-order chi connectivity index (χ1) is 21.2. The number of anilines is 1. The van der Waals surface area contributed by atoms with Crippen LogP contribution in [0.15, 0.2) is 71.6 Å². The van der Waals surface area contributed by atoms with E-state index in [1.54, 1.807) is 24.3 Å². The molecule has 0 unspecified atom stereocenters. The Balaban J connectivity index is 2.12. The number of rotatable bonds is 14. The van der Waals surface area contributed by atoms with Crippen LogP contribution in [0.25, 0.3) is 0 Å². The van der Waals surface area contributed by atoms with E-state index in [0.717, 1.165) is 15.4 Å². The average molecular weight is 640 g/mol. The van der Waals surface area contributed by atoms with Gasteiger partial charge in [0.15, 0.2) is 11.5 Å². The van der Waals surface area contributed by atoms with Crippen molar-refractivity contribution >= 4 is 27.5 Å². The Morgan fingerprint density at radius 3 is 2.13 bits per heavy atom. The number of hydrogen-bond donors (Lipinski definition) is 1. The zero-order valence-corrected chi connectivity index (χ0v) is 28.2. The van der Waals surface area contributed by atoms with Gasteiger partial charge in [-0.25, -0.2) is 8.42 Å². The molecule has 45 heavy (non-hydrogen) atoms. The summed E-state index contributed by atoms with van der Waals surface area (Å²) >= 11 is 0. The summed E-state index contributed by atoms with van der Waals surface area (Å²) in [5.74, 6) is 0.288. The summed E-state index contributed by atoms with van der Waals surface area (Å²) in [7, 11) is -1.44. The average Bonchev–Trinajstić information content (AvgIpc) is 2.99. The summed E-state index contributed by atoms with van der Waals surface area (Å²) in [4.78, 5) is 29.2. The third-order valence-electron chi connectivity index (χ3n) is 6.98. The predicted molar refractivity (Wildman–Crippen MR) is 175 cm³/mol. The molecule has 10 nitrogen and oxygen atoms in total. The number of amides is 2. The number of nitrogens with one attached hydrogen (secondary N) is 1.